The fraction of sp³-hybridized carbons (Fsp3) is 0.938. The Morgan fingerprint density at radius 1 is 1.14 bits per heavy atom. The van der Waals surface area contributed by atoms with Gasteiger partial charge in [0.15, 0.2) is 0 Å². The van der Waals surface area contributed by atoms with Crippen LogP contribution in [0.3, 0.4) is 0 Å². The van der Waals surface area contributed by atoms with E-state index in [1.807, 2.05) is 20.8 Å². The van der Waals surface area contributed by atoms with Crippen LogP contribution in [0.4, 0.5) is 0 Å². The third-order valence-electron chi connectivity index (χ3n) is 3.93. The topological polar surface area (TPSA) is 73.6 Å². The number of hydrogen-bond donors (Lipinski definition) is 2. The Morgan fingerprint density at radius 3 is 2.33 bits per heavy atom. The quantitative estimate of drug-likeness (QED) is 0.512. The van der Waals surface area contributed by atoms with Gasteiger partial charge in [-0.15, -0.1) is 0 Å². The van der Waals surface area contributed by atoms with Crippen LogP contribution in [0.15, 0.2) is 0 Å². The molecule has 0 saturated carbocycles. The van der Waals surface area contributed by atoms with Crippen LogP contribution in [-0.4, -0.2) is 43.9 Å². The number of ether oxygens (including phenoxy) is 2. The van der Waals surface area contributed by atoms with Crippen molar-refractivity contribution in [3.8, 4) is 0 Å². The molecule has 0 aromatic rings. The number of unbranched alkanes of at least 4 members (excludes halogenated alkanes) is 1. The molecule has 0 fully saturated rings. The molecule has 0 spiro atoms. The van der Waals surface area contributed by atoms with E-state index in [9.17, 15) is 4.79 Å². The molecule has 5 heteroatoms. The first kappa shape index (κ1) is 20.3. The summed E-state index contributed by atoms with van der Waals surface area (Å²) in [6, 6.07) is 0. The summed E-state index contributed by atoms with van der Waals surface area (Å²) in [5, 5.41) is 3.24. The second kappa shape index (κ2) is 10.1. The molecule has 1 amide bonds. The largest absolute Gasteiger partial charge is 0.381 e. The van der Waals surface area contributed by atoms with E-state index in [2.05, 4.69) is 12.2 Å². The number of carbonyl (C=O) groups is 1. The maximum absolute atomic E-state index is 11.6. The number of hydrogen-bond acceptors (Lipinski definition) is 4. The summed E-state index contributed by atoms with van der Waals surface area (Å²) in [7, 11) is 1.72. The van der Waals surface area contributed by atoms with Crippen molar-refractivity contribution in [2.24, 2.45) is 5.73 Å². The number of rotatable bonds is 13. The summed E-state index contributed by atoms with van der Waals surface area (Å²) >= 11 is 0. The Morgan fingerprint density at radius 2 is 1.81 bits per heavy atom. The van der Waals surface area contributed by atoms with Crippen molar-refractivity contribution >= 4 is 5.91 Å². The van der Waals surface area contributed by atoms with Gasteiger partial charge in [0.2, 0.25) is 5.91 Å². The first-order valence-electron chi connectivity index (χ1n) is 7.95. The zero-order valence-corrected chi connectivity index (χ0v) is 14.5. The minimum absolute atomic E-state index is 0.130. The van der Waals surface area contributed by atoms with Crippen molar-refractivity contribution in [3.05, 3.63) is 0 Å². The number of methoxy groups -OCH3 is 1. The fourth-order valence-electron chi connectivity index (χ4n) is 1.90. The van der Waals surface area contributed by atoms with Gasteiger partial charge in [0.1, 0.15) is 0 Å². The third kappa shape index (κ3) is 9.06. The monoisotopic (exact) mass is 302 g/mol. The SMILES string of the molecule is CCCNC(C)(CCCCOCCC(C)(C)OC)C(N)=O. The van der Waals surface area contributed by atoms with Gasteiger partial charge >= 0.3 is 0 Å². The van der Waals surface area contributed by atoms with Gasteiger partial charge < -0.3 is 20.5 Å². The van der Waals surface area contributed by atoms with Gasteiger partial charge in [0.05, 0.1) is 11.1 Å². The molecule has 5 nitrogen and oxygen atoms in total. The Labute approximate surface area is 129 Å². The molecule has 1 unspecified atom stereocenters. The Kier molecular flexibility index (Phi) is 9.83. The normalized spacial score (nSPS) is 14.9. The van der Waals surface area contributed by atoms with Gasteiger partial charge in [0, 0.05) is 20.3 Å². The molecule has 1 atom stereocenters. The van der Waals surface area contributed by atoms with Crippen LogP contribution in [-0.2, 0) is 14.3 Å². The summed E-state index contributed by atoms with van der Waals surface area (Å²) in [5.74, 6) is -0.279. The molecular weight excluding hydrogens is 268 g/mol. The molecule has 0 aliphatic carbocycles. The van der Waals surface area contributed by atoms with E-state index in [4.69, 9.17) is 15.2 Å². The first-order valence-corrected chi connectivity index (χ1v) is 7.95. The number of primary amides is 1. The average Bonchev–Trinajstić information content (AvgIpc) is 2.43. The molecule has 0 aromatic heterocycles. The highest BCUT2D eigenvalue weighted by Gasteiger charge is 2.29. The second-order valence-electron chi connectivity index (χ2n) is 6.41. The first-order chi connectivity index (χ1) is 9.77. The number of nitrogens with two attached hydrogens (primary N) is 1. The lowest BCUT2D eigenvalue weighted by Crippen LogP contribution is -2.53. The van der Waals surface area contributed by atoms with E-state index in [0.717, 1.165) is 38.6 Å². The lowest BCUT2D eigenvalue weighted by molar-refractivity contribution is -0.124. The predicted octanol–water partition coefficient (Wildman–Crippen LogP) is 2.23. The Hall–Kier alpha value is -0.650. The molecule has 0 saturated heterocycles. The van der Waals surface area contributed by atoms with Crippen LogP contribution in [0.1, 0.15) is 59.8 Å². The highest BCUT2D eigenvalue weighted by atomic mass is 16.5. The van der Waals surface area contributed by atoms with E-state index < -0.39 is 5.54 Å². The molecule has 0 aliphatic heterocycles. The van der Waals surface area contributed by atoms with Gasteiger partial charge in [-0.3, -0.25) is 4.79 Å². The lowest BCUT2D eigenvalue weighted by atomic mass is 9.94. The minimum Gasteiger partial charge on any atom is -0.381 e. The van der Waals surface area contributed by atoms with E-state index in [-0.39, 0.29) is 11.5 Å². The van der Waals surface area contributed by atoms with Crippen molar-refractivity contribution in [3.63, 3.8) is 0 Å². The summed E-state index contributed by atoms with van der Waals surface area (Å²) in [6.07, 6.45) is 4.46. The van der Waals surface area contributed by atoms with Crippen molar-refractivity contribution in [1.82, 2.24) is 5.32 Å². The molecule has 0 aliphatic rings. The van der Waals surface area contributed by atoms with Crippen molar-refractivity contribution in [2.75, 3.05) is 26.9 Å². The molecule has 0 bridgehead atoms. The number of carbonyl (C=O) groups excluding carboxylic acids is 1. The van der Waals surface area contributed by atoms with Crippen molar-refractivity contribution in [2.45, 2.75) is 70.9 Å². The lowest BCUT2D eigenvalue weighted by Gasteiger charge is -2.27. The van der Waals surface area contributed by atoms with Crippen LogP contribution < -0.4 is 11.1 Å². The molecule has 0 radical (unpaired) electrons. The summed E-state index contributed by atoms with van der Waals surface area (Å²) in [5.41, 5.74) is 4.76. The van der Waals surface area contributed by atoms with Gasteiger partial charge in [-0.05, 0) is 59.4 Å². The zero-order valence-electron chi connectivity index (χ0n) is 14.5. The molecule has 126 valence electrons. The van der Waals surface area contributed by atoms with Gasteiger partial charge in [0.25, 0.3) is 0 Å². The van der Waals surface area contributed by atoms with Gasteiger partial charge in [-0.1, -0.05) is 6.92 Å². The highest BCUT2D eigenvalue weighted by molar-refractivity contribution is 5.84. The molecular formula is C16H34N2O3. The Balaban J connectivity index is 3.79. The summed E-state index contributed by atoms with van der Waals surface area (Å²) < 4.78 is 10.9. The smallest absolute Gasteiger partial charge is 0.237 e. The predicted molar refractivity (Wildman–Crippen MR) is 86.3 cm³/mol. The molecule has 0 heterocycles. The van der Waals surface area contributed by atoms with Crippen LogP contribution in [0, 0.1) is 0 Å². The van der Waals surface area contributed by atoms with Crippen LogP contribution >= 0.6 is 0 Å². The number of amides is 1. The standard InChI is InChI=1S/C16H34N2O3/c1-6-11-18-16(4,14(17)19)9-7-8-12-21-13-10-15(2,3)20-5/h18H,6-13H2,1-5H3,(H2,17,19). The van der Waals surface area contributed by atoms with Crippen LogP contribution in [0.25, 0.3) is 0 Å². The average molecular weight is 302 g/mol. The summed E-state index contributed by atoms with van der Waals surface area (Å²) in [4.78, 5) is 11.6. The Bertz CT molecular complexity index is 295. The second-order valence-corrected chi connectivity index (χ2v) is 6.41. The van der Waals surface area contributed by atoms with E-state index in [1.165, 1.54) is 0 Å². The van der Waals surface area contributed by atoms with E-state index >= 15 is 0 Å². The van der Waals surface area contributed by atoms with E-state index in [1.54, 1.807) is 7.11 Å². The maximum Gasteiger partial charge on any atom is 0.237 e. The van der Waals surface area contributed by atoms with Crippen molar-refractivity contribution < 1.29 is 14.3 Å². The zero-order chi connectivity index (χ0) is 16.4. The number of nitrogens with one attached hydrogen (secondary N) is 1. The maximum atomic E-state index is 11.6. The van der Waals surface area contributed by atoms with Crippen LogP contribution in [0.2, 0.25) is 0 Å². The highest BCUT2D eigenvalue weighted by Crippen LogP contribution is 2.15. The fourth-order valence-corrected chi connectivity index (χ4v) is 1.90. The summed E-state index contributed by atoms with van der Waals surface area (Å²) in [6.45, 7) is 10.3. The van der Waals surface area contributed by atoms with Crippen molar-refractivity contribution in [1.29, 1.82) is 0 Å². The molecule has 0 aromatic carbocycles. The van der Waals surface area contributed by atoms with E-state index in [0.29, 0.717) is 13.2 Å². The minimum atomic E-state index is -0.603. The molecule has 0 rings (SSSR count). The molecule has 3 N–H and O–H groups in total. The molecule has 21 heavy (non-hydrogen) atoms. The van der Waals surface area contributed by atoms with Crippen LogP contribution in [0.5, 0.6) is 0 Å². The van der Waals surface area contributed by atoms with Gasteiger partial charge in [-0.2, -0.15) is 0 Å². The third-order valence-corrected chi connectivity index (χ3v) is 3.93. The van der Waals surface area contributed by atoms with Gasteiger partial charge in [-0.25, -0.2) is 0 Å².